The number of hydrogen-bond donors (Lipinski definition) is 0. The summed E-state index contributed by atoms with van der Waals surface area (Å²) in [5, 5.41) is 8.94. The Morgan fingerprint density at radius 3 is 2.91 bits per heavy atom. The predicted molar refractivity (Wildman–Crippen MR) is 43.3 cm³/mol. The van der Waals surface area contributed by atoms with Crippen molar-refractivity contribution in [3.05, 3.63) is 28.5 Å². The summed E-state index contributed by atoms with van der Waals surface area (Å²) in [5.74, 6) is 0. The monoisotopic (exact) mass is 166 g/mol. The minimum atomic E-state index is 0.390. The first kappa shape index (κ1) is 8.03. The van der Waals surface area contributed by atoms with Crippen LogP contribution in [0, 0.1) is 11.3 Å². The van der Waals surface area contributed by atoms with Crippen molar-refractivity contribution >= 4 is 11.6 Å². The maximum absolute atomic E-state index is 8.55. The van der Waals surface area contributed by atoms with E-state index in [-0.39, 0.29) is 0 Å². The van der Waals surface area contributed by atoms with Crippen molar-refractivity contribution in [2.24, 2.45) is 0 Å². The van der Waals surface area contributed by atoms with Gasteiger partial charge in [-0.15, -0.1) is 0 Å². The zero-order chi connectivity index (χ0) is 8.27. The second-order valence-electron chi connectivity index (χ2n) is 2.14. The molecule has 0 amide bonds. The largest absolute Gasteiger partial charge is 0.241 e. The maximum Gasteiger partial charge on any atom is 0.130 e. The first-order valence-electron chi connectivity index (χ1n) is 3.33. The summed E-state index contributed by atoms with van der Waals surface area (Å²) >= 11 is 5.65. The molecule has 0 unspecified atom stereocenters. The van der Waals surface area contributed by atoms with Gasteiger partial charge in [0.05, 0.1) is 11.6 Å². The molecule has 1 aromatic heterocycles. The number of hydrogen-bond acceptors (Lipinski definition) is 2. The molecular weight excluding hydrogens is 160 g/mol. The van der Waals surface area contributed by atoms with E-state index in [0.717, 1.165) is 12.1 Å². The summed E-state index contributed by atoms with van der Waals surface area (Å²) in [5.41, 5.74) is 1.43. The fourth-order valence-corrected chi connectivity index (χ4v) is 1.02. The molecule has 0 aliphatic heterocycles. The highest BCUT2D eigenvalue weighted by molar-refractivity contribution is 6.29. The Labute approximate surface area is 70.4 Å². The highest BCUT2D eigenvalue weighted by Gasteiger charge is 1.97. The lowest BCUT2D eigenvalue weighted by atomic mass is 10.2. The van der Waals surface area contributed by atoms with Crippen LogP contribution in [0.3, 0.4) is 0 Å². The van der Waals surface area contributed by atoms with Crippen LogP contribution in [0.15, 0.2) is 12.1 Å². The third-order valence-electron chi connectivity index (χ3n) is 1.34. The SMILES string of the molecule is CCc1cc(C#N)cc(Cl)n1. The lowest BCUT2D eigenvalue weighted by Crippen LogP contribution is -1.88. The van der Waals surface area contributed by atoms with E-state index in [0.29, 0.717) is 10.7 Å². The quantitative estimate of drug-likeness (QED) is 0.600. The number of nitriles is 1. The lowest BCUT2D eigenvalue weighted by molar-refractivity contribution is 1.03. The molecule has 0 spiro atoms. The summed E-state index contributed by atoms with van der Waals surface area (Å²) in [7, 11) is 0. The Hall–Kier alpha value is -1.07. The highest BCUT2D eigenvalue weighted by atomic mass is 35.5. The first-order valence-corrected chi connectivity index (χ1v) is 3.70. The minimum Gasteiger partial charge on any atom is -0.241 e. The molecule has 3 heteroatoms. The van der Waals surface area contributed by atoms with E-state index in [2.05, 4.69) is 4.98 Å². The van der Waals surface area contributed by atoms with E-state index in [1.807, 2.05) is 13.0 Å². The fraction of sp³-hybridized carbons (Fsp3) is 0.250. The Bertz CT molecular complexity index is 301. The first-order chi connectivity index (χ1) is 5.26. The summed E-state index contributed by atoms with van der Waals surface area (Å²) in [4.78, 5) is 4.01. The third kappa shape index (κ3) is 1.92. The molecule has 0 aliphatic rings. The van der Waals surface area contributed by atoms with E-state index in [1.54, 1.807) is 12.1 Å². The molecule has 0 N–H and O–H groups in total. The van der Waals surface area contributed by atoms with Crippen molar-refractivity contribution in [1.29, 1.82) is 5.26 Å². The smallest absolute Gasteiger partial charge is 0.130 e. The van der Waals surface area contributed by atoms with E-state index >= 15 is 0 Å². The average Bonchev–Trinajstić information content (AvgIpc) is 2.03. The Balaban J connectivity index is 3.15. The second-order valence-corrected chi connectivity index (χ2v) is 2.52. The van der Waals surface area contributed by atoms with Gasteiger partial charge in [-0.2, -0.15) is 5.26 Å². The summed E-state index contributed by atoms with van der Waals surface area (Å²) < 4.78 is 0. The van der Waals surface area contributed by atoms with Gasteiger partial charge in [0, 0.05) is 5.69 Å². The van der Waals surface area contributed by atoms with Crippen LogP contribution in [0.25, 0.3) is 0 Å². The molecule has 0 radical (unpaired) electrons. The normalized spacial score (nSPS) is 9.18. The van der Waals surface area contributed by atoms with Crippen LogP contribution in [0.4, 0.5) is 0 Å². The molecule has 1 aromatic rings. The van der Waals surface area contributed by atoms with Crippen LogP contribution in [0.5, 0.6) is 0 Å². The van der Waals surface area contributed by atoms with Crippen molar-refractivity contribution in [1.82, 2.24) is 4.98 Å². The molecule has 0 atom stereocenters. The molecule has 0 aliphatic carbocycles. The van der Waals surface area contributed by atoms with Gasteiger partial charge >= 0.3 is 0 Å². The predicted octanol–water partition coefficient (Wildman–Crippen LogP) is 2.17. The van der Waals surface area contributed by atoms with Crippen LogP contribution in [0.1, 0.15) is 18.2 Å². The van der Waals surface area contributed by atoms with E-state index in [4.69, 9.17) is 16.9 Å². The minimum absolute atomic E-state index is 0.390. The third-order valence-corrected chi connectivity index (χ3v) is 1.53. The van der Waals surface area contributed by atoms with E-state index < -0.39 is 0 Å². The molecule has 0 bridgehead atoms. The maximum atomic E-state index is 8.55. The van der Waals surface area contributed by atoms with Crippen molar-refractivity contribution < 1.29 is 0 Å². The Morgan fingerprint density at radius 2 is 2.36 bits per heavy atom. The van der Waals surface area contributed by atoms with Gasteiger partial charge < -0.3 is 0 Å². The molecule has 0 saturated carbocycles. The van der Waals surface area contributed by atoms with Crippen LogP contribution < -0.4 is 0 Å². The van der Waals surface area contributed by atoms with Crippen LogP contribution >= 0.6 is 11.6 Å². The number of aromatic nitrogens is 1. The molecule has 0 fully saturated rings. The van der Waals surface area contributed by atoms with Crippen molar-refractivity contribution in [3.8, 4) is 6.07 Å². The number of pyridine rings is 1. The fourth-order valence-electron chi connectivity index (χ4n) is 0.797. The molecule has 56 valence electrons. The molecule has 2 nitrogen and oxygen atoms in total. The summed E-state index contributed by atoms with van der Waals surface area (Å²) in [6, 6.07) is 5.32. The van der Waals surface area contributed by atoms with Crippen molar-refractivity contribution in [3.63, 3.8) is 0 Å². The molecule has 0 aromatic carbocycles. The van der Waals surface area contributed by atoms with Crippen molar-refractivity contribution in [2.75, 3.05) is 0 Å². The van der Waals surface area contributed by atoms with Gasteiger partial charge in [-0.05, 0) is 18.6 Å². The number of rotatable bonds is 1. The second kappa shape index (κ2) is 3.36. The van der Waals surface area contributed by atoms with E-state index in [1.165, 1.54) is 0 Å². The van der Waals surface area contributed by atoms with Gasteiger partial charge in [-0.25, -0.2) is 4.98 Å². The van der Waals surface area contributed by atoms with Gasteiger partial charge in [0.1, 0.15) is 5.15 Å². The summed E-state index contributed by atoms with van der Waals surface area (Å²) in [6.07, 6.45) is 0.801. The van der Waals surface area contributed by atoms with Gasteiger partial charge in [-0.1, -0.05) is 18.5 Å². The van der Waals surface area contributed by atoms with E-state index in [9.17, 15) is 0 Å². The number of aryl methyl sites for hydroxylation is 1. The van der Waals surface area contributed by atoms with Crippen LogP contribution in [0.2, 0.25) is 5.15 Å². The molecule has 1 rings (SSSR count). The molecule has 11 heavy (non-hydrogen) atoms. The molecule has 1 heterocycles. The van der Waals surface area contributed by atoms with Crippen LogP contribution in [-0.2, 0) is 6.42 Å². The van der Waals surface area contributed by atoms with Gasteiger partial charge in [0.2, 0.25) is 0 Å². The Morgan fingerprint density at radius 1 is 1.64 bits per heavy atom. The molecule has 0 saturated heterocycles. The van der Waals surface area contributed by atoms with Crippen molar-refractivity contribution in [2.45, 2.75) is 13.3 Å². The average molecular weight is 167 g/mol. The molecular formula is C8H7ClN2. The standard InChI is InChI=1S/C8H7ClN2/c1-2-7-3-6(5-10)4-8(9)11-7/h3-4H,2H2,1H3. The Kier molecular flexibility index (Phi) is 2.45. The van der Waals surface area contributed by atoms with Gasteiger partial charge in [-0.3, -0.25) is 0 Å². The van der Waals surface area contributed by atoms with Gasteiger partial charge in [0.15, 0.2) is 0 Å². The number of halogens is 1. The lowest BCUT2D eigenvalue weighted by Gasteiger charge is -1.96. The zero-order valence-electron chi connectivity index (χ0n) is 6.13. The summed E-state index contributed by atoms with van der Waals surface area (Å²) in [6.45, 7) is 1.97. The topological polar surface area (TPSA) is 36.7 Å². The van der Waals surface area contributed by atoms with Gasteiger partial charge in [0.25, 0.3) is 0 Å². The highest BCUT2D eigenvalue weighted by Crippen LogP contribution is 2.09. The zero-order valence-corrected chi connectivity index (χ0v) is 6.89. The number of nitrogens with zero attached hydrogens (tertiary/aromatic N) is 2. The van der Waals surface area contributed by atoms with Crippen LogP contribution in [-0.4, -0.2) is 4.98 Å².